The van der Waals surface area contributed by atoms with Crippen molar-refractivity contribution in [1.82, 2.24) is 5.32 Å². The van der Waals surface area contributed by atoms with Gasteiger partial charge in [-0.15, -0.1) is 0 Å². The van der Waals surface area contributed by atoms with Crippen LogP contribution in [0.3, 0.4) is 0 Å². The summed E-state index contributed by atoms with van der Waals surface area (Å²) in [5, 5.41) is 4.04. The molecule has 0 saturated heterocycles. The number of nitrogens with one attached hydrogen (secondary N) is 1. The van der Waals surface area contributed by atoms with Gasteiger partial charge >= 0.3 is 0 Å². The van der Waals surface area contributed by atoms with Crippen LogP contribution in [0.4, 0.5) is 0 Å². The number of hydrogen-bond donors (Lipinski definition) is 1. The molecule has 0 saturated carbocycles. The van der Waals surface area contributed by atoms with Crippen molar-refractivity contribution < 1.29 is 18.9 Å². The Morgan fingerprint density at radius 3 is 2.14 bits per heavy atom. The van der Waals surface area contributed by atoms with E-state index in [0.29, 0.717) is 42.1 Å². The van der Waals surface area contributed by atoms with Crippen molar-refractivity contribution in [3.05, 3.63) is 46.5 Å². The quantitative estimate of drug-likeness (QED) is 0.562. The van der Waals surface area contributed by atoms with Crippen LogP contribution >= 0.6 is 11.6 Å². The Bertz CT molecular complexity index is 764. The Hall–Kier alpha value is -2.11. The van der Waals surface area contributed by atoms with Gasteiger partial charge in [-0.3, -0.25) is 0 Å². The maximum Gasteiger partial charge on any atom is 0.162 e. The van der Waals surface area contributed by atoms with E-state index in [1.165, 1.54) is 0 Å². The summed E-state index contributed by atoms with van der Waals surface area (Å²) in [6.07, 6.45) is 1.01. The summed E-state index contributed by atoms with van der Waals surface area (Å²) in [4.78, 5) is 0. The smallest absolute Gasteiger partial charge is 0.162 e. The molecular weight excluding hydrogens is 378 g/mol. The van der Waals surface area contributed by atoms with Crippen molar-refractivity contribution in [1.29, 1.82) is 0 Å². The fourth-order valence-electron chi connectivity index (χ4n) is 2.72. The molecule has 2 rings (SSSR count). The van der Waals surface area contributed by atoms with Gasteiger partial charge in [0, 0.05) is 24.2 Å². The highest BCUT2D eigenvalue weighted by atomic mass is 35.5. The van der Waals surface area contributed by atoms with Crippen LogP contribution in [0.2, 0.25) is 5.02 Å². The van der Waals surface area contributed by atoms with E-state index in [1.807, 2.05) is 24.3 Å². The van der Waals surface area contributed by atoms with E-state index < -0.39 is 0 Å². The summed E-state index contributed by atoms with van der Waals surface area (Å²) in [7, 11) is 4.86. The molecular formula is C22H30ClNO4. The highest BCUT2D eigenvalue weighted by molar-refractivity contribution is 6.31. The van der Waals surface area contributed by atoms with Gasteiger partial charge in [0.2, 0.25) is 0 Å². The largest absolute Gasteiger partial charge is 0.493 e. The average Bonchev–Trinajstić information content (AvgIpc) is 2.69. The molecule has 5 nitrogen and oxygen atoms in total. The van der Waals surface area contributed by atoms with E-state index in [-0.39, 0.29) is 0 Å². The Kier molecular flexibility index (Phi) is 8.74. The molecule has 0 amide bonds. The molecule has 0 aliphatic rings. The van der Waals surface area contributed by atoms with Crippen LogP contribution < -0.4 is 24.3 Å². The first kappa shape index (κ1) is 22.2. The molecule has 2 aromatic carbocycles. The molecule has 0 aliphatic carbocycles. The topological polar surface area (TPSA) is 49.0 Å². The Morgan fingerprint density at radius 2 is 1.50 bits per heavy atom. The molecule has 0 unspecified atom stereocenters. The van der Waals surface area contributed by atoms with Gasteiger partial charge in [0.1, 0.15) is 0 Å². The van der Waals surface area contributed by atoms with Crippen molar-refractivity contribution >= 4 is 11.6 Å². The molecule has 154 valence electrons. The maximum absolute atomic E-state index is 6.35. The highest BCUT2D eigenvalue weighted by Gasteiger charge is 2.10. The third-order valence-corrected chi connectivity index (χ3v) is 4.73. The molecule has 0 spiro atoms. The number of ether oxygens (including phenoxy) is 4. The summed E-state index contributed by atoms with van der Waals surface area (Å²) < 4.78 is 21.9. The minimum Gasteiger partial charge on any atom is -0.493 e. The zero-order valence-electron chi connectivity index (χ0n) is 17.3. The number of benzene rings is 2. The van der Waals surface area contributed by atoms with Crippen molar-refractivity contribution in [3.63, 3.8) is 0 Å². The zero-order chi connectivity index (χ0) is 20.5. The molecule has 0 heterocycles. The van der Waals surface area contributed by atoms with Crippen LogP contribution in [-0.4, -0.2) is 27.9 Å². The Morgan fingerprint density at radius 1 is 0.857 bits per heavy atom. The molecule has 6 heteroatoms. The monoisotopic (exact) mass is 407 g/mol. The highest BCUT2D eigenvalue weighted by Crippen LogP contribution is 2.33. The standard InChI is InChI=1S/C22H30ClNO4/c1-15(2)8-9-28-19-7-6-16(10-20(19)25-3)13-24-14-17-11-21(26-4)22(27-5)12-18(17)23/h6-7,10-12,15,24H,8-9,13-14H2,1-5H3. The molecule has 0 bridgehead atoms. The third-order valence-electron chi connectivity index (χ3n) is 4.38. The van der Waals surface area contributed by atoms with E-state index in [9.17, 15) is 0 Å². The molecule has 28 heavy (non-hydrogen) atoms. The minimum absolute atomic E-state index is 0.605. The second-order valence-electron chi connectivity index (χ2n) is 6.92. The van der Waals surface area contributed by atoms with E-state index in [2.05, 4.69) is 19.2 Å². The molecule has 0 fully saturated rings. The zero-order valence-corrected chi connectivity index (χ0v) is 18.1. The number of rotatable bonds is 11. The van der Waals surface area contributed by atoms with Crippen LogP contribution in [0.15, 0.2) is 30.3 Å². The number of halogens is 1. The van der Waals surface area contributed by atoms with Gasteiger partial charge in [0.25, 0.3) is 0 Å². The summed E-state index contributed by atoms with van der Waals surface area (Å²) in [6, 6.07) is 9.65. The van der Waals surface area contributed by atoms with Crippen molar-refractivity contribution in [2.24, 2.45) is 5.92 Å². The molecule has 0 aromatic heterocycles. The second-order valence-corrected chi connectivity index (χ2v) is 7.33. The van der Waals surface area contributed by atoms with Crippen molar-refractivity contribution in [2.45, 2.75) is 33.4 Å². The van der Waals surface area contributed by atoms with Gasteiger partial charge in [-0.1, -0.05) is 31.5 Å². The normalized spacial score (nSPS) is 10.8. The minimum atomic E-state index is 0.605. The molecule has 0 aliphatic heterocycles. The van der Waals surface area contributed by atoms with E-state index in [4.69, 9.17) is 30.5 Å². The van der Waals surface area contributed by atoms with Crippen LogP contribution in [0, 0.1) is 5.92 Å². The summed E-state index contributed by atoms with van der Waals surface area (Å²) >= 11 is 6.35. The molecule has 1 N–H and O–H groups in total. The predicted molar refractivity (Wildman–Crippen MR) is 113 cm³/mol. The van der Waals surface area contributed by atoms with Gasteiger partial charge in [-0.2, -0.15) is 0 Å². The summed E-state index contributed by atoms with van der Waals surface area (Å²) in [5.41, 5.74) is 2.05. The van der Waals surface area contributed by atoms with Crippen LogP contribution in [0.5, 0.6) is 23.0 Å². The predicted octanol–water partition coefficient (Wildman–Crippen LogP) is 5.08. The van der Waals surface area contributed by atoms with E-state index >= 15 is 0 Å². The lowest BCUT2D eigenvalue weighted by atomic mass is 10.1. The van der Waals surface area contributed by atoms with Gasteiger partial charge < -0.3 is 24.3 Å². The lowest BCUT2D eigenvalue weighted by molar-refractivity contribution is 0.273. The summed E-state index contributed by atoms with van der Waals surface area (Å²) in [6.45, 7) is 6.32. The lowest BCUT2D eigenvalue weighted by Gasteiger charge is -2.14. The lowest BCUT2D eigenvalue weighted by Crippen LogP contribution is -2.13. The first-order chi connectivity index (χ1) is 13.5. The fraction of sp³-hybridized carbons (Fsp3) is 0.455. The Balaban J connectivity index is 1.97. The Labute approximate surface area is 172 Å². The first-order valence-electron chi connectivity index (χ1n) is 9.39. The second kappa shape index (κ2) is 11.0. The number of hydrogen-bond acceptors (Lipinski definition) is 5. The van der Waals surface area contributed by atoms with Crippen molar-refractivity contribution in [2.75, 3.05) is 27.9 Å². The summed E-state index contributed by atoms with van der Waals surface area (Å²) in [5.74, 6) is 3.40. The van der Waals surface area contributed by atoms with Gasteiger partial charge in [0.05, 0.1) is 27.9 Å². The van der Waals surface area contributed by atoms with Gasteiger partial charge in [-0.05, 0) is 41.7 Å². The first-order valence-corrected chi connectivity index (χ1v) is 9.77. The van der Waals surface area contributed by atoms with Gasteiger partial charge in [-0.25, -0.2) is 0 Å². The maximum atomic E-state index is 6.35. The SMILES string of the molecule is COc1cc(Cl)c(CNCc2ccc(OCCC(C)C)c(OC)c2)cc1OC. The molecule has 0 radical (unpaired) electrons. The molecule has 0 atom stereocenters. The van der Waals surface area contributed by atoms with Crippen LogP contribution in [0.1, 0.15) is 31.4 Å². The van der Waals surface area contributed by atoms with E-state index in [0.717, 1.165) is 29.0 Å². The van der Waals surface area contributed by atoms with Crippen LogP contribution in [-0.2, 0) is 13.1 Å². The molecule has 2 aromatic rings. The van der Waals surface area contributed by atoms with Crippen LogP contribution in [0.25, 0.3) is 0 Å². The van der Waals surface area contributed by atoms with Crippen molar-refractivity contribution in [3.8, 4) is 23.0 Å². The number of methoxy groups -OCH3 is 3. The van der Waals surface area contributed by atoms with E-state index in [1.54, 1.807) is 27.4 Å². The van der Waals surface area contributed by atoms with Gasteiger partial charge in [0.15, 0.2) is 23.0 Å². The fourth-order valence-corrected chi connectivity index (χ4v) is 2.94. The average molecular weight is 408 g/mol. The third kappa shape index (κ3) is 6.21.